The Morgan fingerprint density at radius 2 is 2.16 bits per heavy atom. The van der Waals surface area contributed by atoms with E-state index in [1.165, 1.54) is 18.2 Å². The number of carboxylic acid groups (broad SMARTS) is 1. The Morgan fingerprint density at radius 3 is 2.68 bits per heavy atom. The van der Waals surface area contributed by atoms with Gasteiger partial charge in [-0.05, 0) is 40.0 Å². The van der Waals surface area contributed by atoms with Crippen molar-refractivity contribution in [2.24, 2.45) is 0 Å². The first kappa shape index (κ1) is 13.7. The summed E-state index contributed by atoms with van der Waals surface area (Å²) in [5.74, 6) is -1.85. The molecule has 0 bridgehead atoms. The lowest BCUT2D eigenvalue weighted by Gasteiger charge is -1.99. The van der Waals surface area contributed by atoms with Crippen molar-refractivity contribution in [3.8, 4) is 11.5 Å². The molecule has 1 aromatic heterocycles. The van der Waals surface area contributed by atoms with Crippen molar-refractivity contribution >= 4 is 21.9 Å². The number of rotatable bonds is 3. The van der Waals surface area contributed by atoms with Crippen molar-refractivity contribution in [1.29, 1.82) is 0 Å². The van der Waals surface area contributed by atoms with Gasteiger partial charge < -0.3 is 9.52 Å². The van der Waals surface area contributed by atoms with E-state index in [-0.39, 0.29) is 17.6 Å². The SMILES string of the molecule is CC(C)c1nc(-c2cc(F)ccc2Br)oc1C(=O)O. The zero-order chi connectivity index (χ0) is 14.2. The van der Waals surface area contributed by atoms with Crippen molar-refractivity contribution in [3.05, 3.63) is 39.9 Å². The van der Waals surface area contributed by atoms with Gasteiger partial charge in [-0.25, -0.2) is 14.2 Å². The van der Waals surface area contributed by atoms with Crippen molar-refractivity contribution in [2.75, 3.05) is 0 Å². The Labute approximate surface area is 117 Å². The standard InChI is InChI=1S/C13H11BrFNO3/c1-6(2)10-11(13(17)18)19-12(16-10)8-5-7(15)3-4-9(8)14/h3-6H,1-2H3,(H,17,18). The average Bonchev–Trinajstić information content (AvgIpc) is 2.77. The molecule has 0 amide bonds. The van der Waals surface area contributed by atoms with E-state index in [0.29, 0.717) is 15.7 Å². The minimum absolute atomic E-state index is 0.0903. The van der Waals surface area contributed by atoms with Gasteiger partial charge in [0.05, 0.1) is 11.3 Å². The van der Waals surface area contributed by atoms with Gasteiger partial charge in [-0.15, -0.1) is 0 Å². The number of oxazole rings is 1. The molecule has 4 nitrogen and oxygen atoms in total. The highest BCUT2D eigenvalue weighted by molar-refractivity contribution is 9.10. The summed E-state index contributed by atoms with van der Waals surface area (Å²) in [6, 6.07) is 4.05. The molecule has 0 saturated heterocycles. The summed E-state index contributed by atoms with van der Waals surface area (Å²) in [7, 11) is 0. The zero-order valence-corrected chi connectivity index (χ0v) is 11.9. The molecule has 0 saturated carbocycles. The Hall–Kier alpha value is -1.69. The molecule has 100 valence electrons. The summed E-state index contributed by atoms with van der Waals surface area (Å²) in [6.45, 7) is 3.63. The zero-order valence-electron chi connectivity index (χ0n) is 10.3. The fourth-order valence-electron chi connectivity index (χ4n) is 1.65. The molecule has 0 aliphatic rings. The Bertz CT molecular complexity index is 637. The molecule has 0 atom stereocenters. The molecule has 2 rings (SSSR count). The molecule has 1 N–H and O–H groups in total. The van der Waals surface area contributed by atoms with Gasteiger partial charge in [0.15, 0.2) is 0 Å². The van der Waals surface area contributed by atoms with E-state index in [4.69, 9.17) is 9.52 Å². The van der Waals surface area contributed by atoms with Gasteiger partial charge >= 0.3 is 5.97 Å². The van der Waals surface area contributed by atoms with Gasteiger partial charge in [0.1, 0.15) is 5.82 Å². The number of aromatic carboxylic acids is 1. The minimum Gasteiger partial charge on any atom is -0.475 e. The lowest BCUT2D eigenvalue weighted by molar-refractivity contribution is 0.0661. The first-order valence-electron chi connectivity index (χ1n) is 5.59. The molecule has 1 heterocycles. The molecule has 0 fully saturated rings. The summed E-state index contributed by atoms with van der Waals surface area (Å²) in [4.78, 5) is 15.3. The lowest BCUT2D eigenvalue weighted by atomic mass is 10.1. The van der Waals surface area contributed by atoms with Crippen LogP contribution in [0.15, 0.2) is 27.1 Å². The van der Waals surface area contributed by atoms with Crippen molar-refractivity contribution < 1.29 is 18.7 Å². The molecule has 19 heavy (non-hydrogen) atoms. The second kappa shape index (κ2) is 5.13. The summed E-state index contributed by atoms with van der Waals surface area (Å²) in [5.41, 5.74) is 0.730. The van der Waals surface area contributed by atoms with E-state index >= 15 is 0 Å². The van der Waals surface area contributed by atoms with Gasteiger partial charge in [-0.2, -0.15) is 0 Å². The molecular weight excluding hydrogens is 317 g/mol. The minimum atomic E-state index is -1.19. The maximum atomic E-state index is 13.3. The smallest absolute Gasteiger partial charge is 0.373 e. The van der Waals surface area contributed by atoms with Gasteiger partial charge in [0.25, 0.3) is 0 Å². The average molecular weight is 328 g/mol. The normalized spacial score (nSPS) is 11.0. The largest absolute Gasteiger partial charge is 0.475 e. The lowest BCUT2D eigenvalue weighted by Crippen LogP contribution is -2.01. The maximum Gasteiger partial charge on any atom is 0.373 e. The summed E-state index contributed by atoms with van der Waals surface area (Å²) in [5, 5.41) is 9.08. The first-order chi connectivity index (χ1) is 8.90. The van der Waals surface area contributed by atoms with E-state index in [0.717, 1.165) is 0 Å². The number of carbonyl (C=O) groups is 1. The van der Waals surface area contributed by atoms with Crippen LogP contribution < -0.4 is 0 Å². The third-order valence-corrected chi connectivity index (χ3v) is 3.24. The Balaban J connectivity index is 2.60. The Kier molecular flexibility index (Phi) is 3.71. The van der Waals surface area contributed by atoms with Gasteiger partial charge in [-0.3, -0.25) is 0 Å². The molecular formula is C13H11BrFNO3. The van der Waals surface area contributed by atoms with E-state index in [1.54, 1.807) is 0 Å². The summed E-state index contributed by atoms with van der Waals surface area (Å²) >= 11 is 3.26. The number of aromatic nitrogens is 1. The Morgan fingerprint density at radius 1 is 1.47 bits per heavy atom. The van der Waals surface area contributed by atoms with Crippen molar-refractivity contribution in [1.82, 2.24) is 4.98 Å². The van der Waals surface area contributed by atoms with E-state index in [2.05, 4.69) is 20.9 Å². The van der Waals surface area contributed by atoms with Crippen LogP contribution in [0.2, 0.25) is 0 Å². The van der Waals surface area contributed by atoms with Gasteiger partial charge in [-0.1, -0.05) is 13.8 Å². The molecule has 0 aliphatic carbocycles. The van der Waals surface area contributed by atoms with Gasteiger partial charge in [0.2, 0.25) is 11.7 Å². The van der Waals surface area contributed by atoms with Crippen LogP contribution in [0.4, 0.5) is 4.39 Å². The third-order valence-electron chi connectivity index (χ3n) is 2.55. The predicted octanol–water partition coefficient (Wildman–Crippen LogP) is 4.06. The maximum absolute atomic E-state index is 13.3. The number of halogens is 2. The van der Waals surface area contributed by atoms with Crippen LogP contribution in [0.25, 0.3) is 11.5 Å². The van der Waals surface area contributed by atoms with Gasteiger partial charge in [0, 0.05) is 4.47 Å². The van der Waals surface area contributed by atoms with Crippen LogP contribution in [-0.4, -0.2) is 16.1 Å². The number of nitrogens with zero attached hydrogens (tertiary/aromatic N) is 1. The second-order valence-corrected chi connectivity index (χ2v) is 5.17. The fourth-order valence-corrected chi connectivity index (χ4v) is 2.07. The number of hydrogen-bond donors (Lipinski definition) is 1. The number of carboxylic acids is 1. The second-order valence-electron chi connectivity index (χ2n) is 4.32. The summed E-state index contributed by atoms with van der Waals surface area (Å²) < 4.78 is 19.1. The number of hydrogen-bond acceptors (Lipinski definition) is 3. The van der Waals surface area contributed by atoms with Crippen molar-refractivity contribution in [2.45, 2.75) is 19.8 Å². The molecule has 0 aliphatic heterocycles. The van der Waals surface area contributed by atoms with Crippen LogP contribution in [-0.2, 0) is 0 Å². The fraction of sp³-hybridized carbons (Fsp3) is 0.231. The first-order valence-corrected chi connectivity index (χ1v) is 6.39. The molecule has 6 heteroatoms. The van der Waals surface area contributed by atoms with Crippen LogP contribution in [0.3, 0.4) is 0 Å². The van der Waals surface area contributed by atoms with E-state index in [1.807, 2.05) is 13.8 Å². The van der Waals surface area contributed by atoms with E-state index in [9.17, 15) is 9.18 Å². The highest BCUT2D eigenvalue weighted by Gasteiger charge is 2.23. The summed E-state index contributed by atoms with van der Waals surface area (Å²) in [6.07, 6.45) is 0. The molecule has 1 aromatic carbocycles. The molecule has 0 spiro atoms. The predicted molar refractivity (Wildman–Crippen MR) is 70.6 cm³/mol. The van der Waals surface area contributed by atoms with Crippen LogP contribution in [0, 0.1) is 5.82 Å². The number of benzene rings is 1. The monoisotopic (exact) mass is 327 g/mol. The molecule has 0 unspecified atom stereocenters. The van der Waals surface area contributed by atoms with Crippen LogP contribution in [0.5, 0.6) is 0 Å². The quantitative estimate of drug-likeness (QED) is 0.923. The highest BCUT2D eigenvalue weighted by atomic mass is 79.9. The van der Waals surface area contributed by atoms with E-state index < -0.39 is 11.8 Å². The van der Waals surface area contributed by atoms with Crippen LogP contribution in [0.1, 0.15) is 36.0 Å². The highest BCUT2D eigenvalue weighted by Crippen LogP contribution is 2.31. The molecule has 0 radical (unpaired) electrons. The van der Waals surface area contributed by atoms with Crippen molar-refractivity contribution in [3.63, 3.8) is 0 Å². The topological polar surface area (TPSA) is 63.3 Å². The van der Waals surface area contributed by atoms with Crippen LogP contribution >= 0.6 is 15.9 Å². The molecule has 2 aromatic rings. The third kappa shape index (κ3) is 2.68.